The summed E-state index contributed by atoms with van der Waals surface area (Å²) < 4.78 is 12.6. The zero-order valence-corrected chi connectivity index (χ0v) is 8.47. The highest BCUT2D eigenvalue weighted by molar-refractivity contribution is 5.17. The molecule has 0 saturated heterocycles. The zero-order chi connectivity index (χ0) is 10.6. The lowest BCUT2D eigenvalue weighted by Gasteiger charge is -2.19. The van der Waals surface area contributed by atoms with E-state index < -0.39 is 0 Å². The molecule has 0 aliphatic carbocycles. The largest absolute Gasteiger partial charge is 0.298 e. The van der Waals surface area contributed by atoms with Crippen LogP contribution < -0.4 is 5.32 Å². The average Bonchev–Trinajstić information content (AvgIpc) is 2.17. The molecule has 1 aromatic carbocycles. The first-order chi connectivity index (χ1) is 6.53. The van der Waals surface area contributed by atoms with Gasteiger partial charge in [-0.25, -0.2) is 4.39 Å². The van der Waals surface area contributed by atoms with Crippen molar-refractivity contribution in [3.05, 3.63) is 35.6 Å². The highest BCUT2D eigenvalue weighted by Crippen LogP contribution is 2.05. The van der Waals surface area contributed by atoms with Crippen LogP contribution in [-0.4, -0.2) is 5.54 Å². The SMILES string of the molecule is C#CC(C)(C)NCc1ccc(F)cc1. The second-order valence-electron chi connectivity index (χ2n) is 3.75. The molecule has 2 heteroatoms. The molecule has 1 rings (SSSR count). The van der Waals surface area contributed by atoms with Crippen LogP contribution in [0.1, 0.15) is 19.4 Å². The van der Waals surface area contributed by atoms with E-state index in [1.807, 2.05) is 13.8 Å². The van der Waals surface area contributed by atoms with Crippen LogP contribution in [0.3, 0.4) is 0 Å². The van der Waals surface area contributed by atoms with Gasteiger partial charge in [0.15, 0.2) is 0 Å². The van der Waals surface area contributed by atoms with E-state index in [0.29, 0.717) is 6.54 Å². The molecule has 0 aliphatic rings. The van der Waals surface area contributed by atoms with E-state index in [0.717, 1.165) is 5.56 Å². The predicted molar refractivity (Wildman–Crippen MR) is 56.2 cm³/mol. The summed E-state index contributed by atoms with van der Waals surface area (Å²) in [5, 5.41) is 3.19. The maximum absolute atomic E-state index is 12.6. The summed E-state index contributed by atoms with van der Waals surface area (Å²) in [4.78, 5) is 0. The molecule has 14 heavy (non-hydrogen) atoms. The third-order valence-corrected chi connectivity index (χ3v) is 2.01. The monoisotopic (exact) mass is 191 g/mol. The Bertz CT molecular complexity index is 332. The molecule has 0 aliphatic heterocycles. The summed E-state index contributed by atoms with van der Waals surface area (Å²) >= 11 is 0. The molecule has 1 aromatic rings. The lowest BCUT2D eigenvalue weighted by Crippen LogP contribution is -2.36. The standard InChI is InChI=1S/C12H14FN/c1-4-12(2,3)14-9-10-5-7-11(13)8-6-10/h1,5-8,14H,9H2,2-3H3. The van der Waals surface area contributed by atoms with Crippen molar-refractivity contribution in [3.63, 3.8) is 0 Å². The summed E-state index contributed by atoms with van der Waals surface area (Å²) in [5.41, 5.74) is 0.698. The molecule has 1 N–H and O–H groups in total. The minimum atomic E-state index is -0.325. The maximum atomic E-state index is 12.6. The van der Waals surface area contributed by atoms with E-state index in [9.17, 15) is 4.39 Å². The molecular formula is C12H14FN. The molecule has 0 radical (unpaired) electrons. The van der Waals surface area contributed by atoms with E-state index in [-0.39, 0.29) is 11.4 Å². The van der Waals surface area contributed by atoms with Gasteiger partial charge in [0.05, 0.1) is 5.54 Å². The van der Waals surface area contributed by atoms with Gasteiger partial charge in [0, 0.05) is 6.54 Å². The van der Waals surface area contributed by atoms with E-state index >= 15 is 0 Å². The van der Waals surface area contributed by atoms with E-state index in [1.54, 1.807) is 12.1 Å². The number of rotatable bonds is 3. The van der Waals surface area contributed by atoms with Gasteiger partial charge in [-0.1, -0.05) is 18.1 Å². The minimum absolute atomic E-state index is 0.218. The van der Waals surface area contributed by atoms with Gasteiger partial charge >= 0.3 is 0 Å². The van der Waals surface area contributed by atoms with Crippen molar-refractivity contribution in [3.8, 4) is 12.3 Å². The molecule has 0 amide bonds. The highest BCUT2D eigenvalue weighted by Gasteiger charge is 2.11. The van der Waals surface area contributed by atoms with Crippen LogP contribution in [0.4, 0.5) is 4.39 Å². The third-order valence-electron chi connectivity index (χ3n) is 2.01. The third kappa shape index (κ3) is 3.20. The van der Waals surface area contributed by atoms with Gasteiger partial charge in [0.25, 0.3) is 0 Å². The van der Waals surface area contributed by atoms with Gasteiger partial charge < -0.3 is 0 Å². The van der Waals surface area contributed by atoms with Crippen molar-refractivity contribution in [2.45, 2.75) is 25.9 Å². The lowest BCUT2D eigenvalue weighted by atomic mass is 10.1. The zero-order valence-electron chi connectivity index (χ0n) is 8.47. The Hall–Kier alpha value is -1.33. The Morgan fingerprint density at radius 2 is 1.93 bits per heavy atom. The molecule has 74 valence electrons. The Morgan fingerprint density at radius 3 is 2.43 bits per heavy atom. The summed E-state index contributed by atoms with van der Waals surface area (Å²) in [6, 6.07) is 6.38. The summed E-state index contributed by atoms with van der Waals surface area (Å²) in [5.74, 6) is 2.42. The van der Waals surface area contributed by atoms with E-state index in [2.05, 4.69) is 11.2 Å². The molecule has 1 nitrogen and oxygen atoms in total. The fourth-order valence-corrected chi connectivity index (χ4v) is 0.976. The fourth-order valence-electron chi connectivity index (χ4n) is 0.976. The summed E-state index contributed by atoms with van der Waals surface area (Å²) in [6.45, 7) is 4.50. The topological polar surface area (TPSA) is 12.0 Å². The second kappa shape index (κ2) is 4.26. The van der Waals surface area contributed by atoms with Gasteiger partial charge in [-0.2, -0.15) is 0 Å². The molecule has 0 heterocycles. The molecule has 0 atom stereocenters. The van der Waals surface area contributed by atoms with Gasteiger partial charge in [-0.3, -0.25) is 5.32 Å². The Kier molecular flexibility index (Phi) is 3.27. The first kappa shape index (κ1) is 10.7. The first-order valence-electron chi connectivity index (χ1n) is 4.51. The summed E-state index contributed by atoms with van der Waals surface area (Å²) in [7, 11) is 0. The molecule has 0 aromatic heterocycles. The fraction of sp³-hybridized carbons (Fsp3) is 0.333. The molecule has 0 unspecified atom stereocenters. The van der Waals surface area contributed by atoms with Crippen LogP contribution in [-0.2, 0) is 6.54 Å². The molecular weight excluding hydrogens is 177 g/mol. The molecule has 0 saturated carbocycles. The van der Waals surface area contributed by atoms with Crippen LogP contribution in [0.25, 0.3) is 0 Å². The Labute approximate surface area is 84.3 Å². The average molecular weight is 191 g/mol. The number of terminal acetylenes is 1. The van der Waals surface area contributed by atoms with E-state index in [4.69, 9.17) is 6.42 Å². The molecule has 0 bridgehead atoms. The van der Waals surface area contributed by atoms with Crippen molar-refractivity contribution in [1.29, 1.82) is 0 Å². The predicted octanol–water partition coefficient (Wildman–Crippen LogP) is 2.33. The number of halogens is 1. The molecule has 0 fully saturated rings. The van der Waals surface area contributed by atoms with E-state index in [1.165, 1.54) is 12.1 Å². The summed E-state index contributed by atoms with van der Waals surface area (Å²) in [6.07, 6.45) is 5.32. The van der Waals surface area contributed by atoms with Crippen LogP contribution in [0.15, 0.2) is 24.3 Å². The Morgan fingerprint density at radius 1 is 1.36 bits per heavy atom. The van der Waals surface area contributed by atoms with Crippen molar-refractivity contribution >= 4 is 0 Å². The first-order valence-corrected chi connectivity index (χ1v) is 4.51. The van der Waals surface area contributed by atoms with Gasteiger partial charge in [-0.15, -0.1) is 6.42 Å². The number of hydrogen-bond donors (Lipinski definition) is 1. The second-order valence-corrected chi connectivity index (χ2v) is 3.75. The van der Waals surface area contributed by atoms with Crippen molar-refractivity contribution in [2.75, 3.05) is 0 Å². The quantitative estimate of drug-likeness (QED) is 0.723. The lowest BCUT2D eigenvalue weighted by molar-refractivity contribution is 0.490. The van der Waals surface area contributed by atoms with Crippen LogP contribution in [0.2, 0.25) is 0 Å². The highest BCUT2D eigenvalue weighted by atomic mass is 19.1. The van der Waals surface area contributed by atoms with Crippen LogP contribution >= 0.6 is 0 Å². The molecule has 0 spiro atoms. The minimum Gasteiger partial charge on any atom is -0.298 e. The normalized spacial score (nSPS) is 11.0. The number of nitrogens with one attached hydrogen (secondary N) is 1. The van der Waals surface area contributed by atoms with Crippen molar-refractivity contribution in [1.82, 2.24) is 5.32 Å². The Balaban J connectivity index is 2.55. The van der Waals surface area contributed by atoms with Crippen LogP contribution in [0.5, 0.6) is 0 Å². The van der Waals surface area contributed by atoms with Crippen molar-refractivity contribution in [2.24, 2.45) is 0 Å². The van der Waals surface area contributed by atoms with Gasteiger partial charge in [0.1, 0.15) is 5.82 Å². The van der Waals surface area contributed by atoms with Gasteiger partial charge in [-0.05, 0) is 31.5 Å². The smallest absolute Gasteiger partial charge is 0.123 e. The number of hydrogen-bond acceptors (Lipinski definition) is 1. The van der Waals surface area contributed by atoms with Crippen molar-refractivity contribution < 1.29 is 4.39 Å². The number of benzene rings is 1. The van der Waals surface area contributed by atoms with Crippen LogP contribution in [0, 0.1) is 18.2 Å². The maximum Gasteiger partial charge on any atom is 0.123 e. The van der Waals surface area contributed by atoms with Gasteiger partial charge in [0.2, 0.25) is 0 Å².